The minimum Gasteiger partial charge on any atom is -0.391 e. The maximum atomic E-state index is 12.5. The van der Waals surface area contributed by atoms with Crippen LogP contribution < -0.4 is 4.84 Å². The van der Waals surface area contributed by atoms with Crippen LogP contribution in [0, 0.1) is 0 Å². The Bertz CT molecular complexity index is 898. The van der Waals surface area contributed by atoms with Gasteiger partial charge in [-0.05, 0) is 48.1 Å². The number of aryl methyl sites for hydroxylation is 1. The summed E-state index contributed by atoms with van der Waals surface area (Å²) >= 11 is 1.77. The van der Waals surface area contributed by atoms with E-state index in [0.29, 0.717) is 37.3 Å². The maximum absolute atomic E-state index is 12.5. The van der Waals surface area contributed by atoms with Crippen molar-refractivity contribution in [1.29, 1.82) is 0 Å². The summed E-state index contributed by atoms with van der Waals surface area (Å²) in [5.74, 6) is 0.187. The monoisotopic (exact) mass is 401 g/mol. The summed E-state index contributed by atoms with van der Waals surface area (Å²) in [5, 5.41) is 10.1. The van der Waals surface area contributed by atoms with E-state index in [9.17, 15) is 4.79 Å². The summed E-state index contributed by atoms with van der Waals surface area (Å²) in [6.07, 6.45) is 5.05. The molecule has 148 valence electrons. The van der Waals surface area contributed by atoms with Gasteiger partial charge in [-0.2, -0.15) is 0 Å². The molecule has 3 aromatic rings. The third-order valence-electron chi connectivity index (χ3n) is 4.70. The fraction of sp³-hybridized carbons (Fsp3) is 0.474. The quantitative estimate of drug-likeness (QED) is 0.537. The zero-order chi connectivity index (χ0) is 19.2. The minimum atomic E-state index is -0.188. The predicted octanol–water partition coefficient (Wildman–Crippen LogP) is 1.96. The Hall–Kier alpha value is -2.52. The van der Waals surface area contributed by atoms with E-state index in [0.717, 1.165) is 19.3 Å². The predicted molar refractivity (Wildman–Crippen MR) is 105 cm³/mol. The molecule has 0 saturated carbocycles. The first-order chi connectivity index (χ1) is 13.8. The van der Waals surface area contributed by atoms with Crippen molar-refractivity contribution in [2.45, 2.75) is 31.8 Å². The second-order valence-corrected chi connectivity index (χ2v) is 7.76. The van der Waals surface area contributed by atoms with Crippen molar-refractivity contribution in [2.24, 2.45) is 0 Å². The van der Waals surface area contributed by atoms with Crippen molar-refractivity contribution < 1.29 is 14.4 Å². The van der Waals surface area contributed by atoms with Crippen LogP contribution in [0.25, 0.3) is 11.2 Å². The molecule has 1 amide bonds. The fourth-order valence-electron chi connectivity index (χ4n) is 3.22. The number of amides is 1. The van der Waals surface area contributed by atoms with Gasteiger partial charge in [-0.25, -0.2) is 4.98 Å². The molecule has 3 aromatic heterocycles. The van der Waals surface area contributed by atoms with Gasteiger partial charge in [0.25, 0.3) is 0 Å². The Morgan fingerprint density at radius 1 is 1.32 bits per heavy atom. The molecule has 0 bridgehead atoms. The Morgan fingerprint density at radius 3 is 3.18 bits per heavy atom. The molecule has 1 saturated heterocycles. The van der Waals surface area contributed by atoms with Crippen LogP contribution in [0.1, 0.15) is 24.1 Å². The summed E-state index contributed by atoms with van der Waals surface area (Å²) < 4.78 is 5.74. The highest BCUT2D eigenvalue weighted by atomic mass is 32.1. The summed E-state index contributed by atoms with van der Waals surface area (Å²) in [6.45, 7) is 1.97. The number of pyridine rings is 1. The molecule has 1 unspecified atom stereocenters. The van der Waals surface area contributed by atoms with Crippen molar-refractivity contribution in [3.63, 3.8) is 0 Å². The van der Waals surface area contributed by atoms with Gasteiger partial charge in [0.05, 0.1) is 13.2 Å². The molecule has 1 aliphatic heterocycles. The van der Waals surface area contributed by atoms with Gasteiger partial charge in [0.15, 0.2) is 0 Å². The third-order valence-corrected chi connectivity index (χ3v) is 5.64. The zero-order valence-electron chi connectivity index (χ0n) is 15.6. The molecule has 0 aromatic carbocycles. The van der Waals surface area contributed by atoms with E-state index in [4.69, 9.17) is 9.57 Å². The van der Waals surface area contributed by atoms with Gasteiger partial charge in [0.1, 0.15) is 18.2 Å². The lowest BCUT2D eigenvalue weighted by atomic mass is 10.1. The van der Waals surface area contributed by atoms with Gasteiger partial charge in [0.2, 0.25) is 11.6 Å². The normalized spacial score (nSPS) is 17.1. The molecule has 8 nitrogen and oxygen atoms in total. The van der Waals surface area contributed by atoms with Crippen LogP contribution in [-0.4, -0.2) is 63.4 Å². The van der Waals surface area contributed by atoms with Crippen molar-refractivity contribution in [2.75, 3.05) is 26.3 Å². The number of carbonyl (C=O) groups is 1. The number of unbranched alkanes of at least 4 members (excludes halogenated alkanes) is 1. The summed E-state index contributed by atoms with van der Waals surface area (Å²) in [5.41, 5.74) is 1.24. The molecule has 1 atom stereocenters. The molecule has 1 aliphatic rings. The minimum absolute atomic E-state index is 0.187. The Morgan fingerprint density at radius 2 is 2.29 bits per heavy atom. The lowest BCUT2D eigenvalue weighted by Gasteiger charge is -2.32. The largest absolute Gasteiger partial charge is 0.391 e. The fourth-order valence-corrected chi connectivity index (χ4v) is 3.97. The Kier molecular flexibility index (Phi) is 6.13. The molecule has 28 heavy (non-hydrogen) atoms. The van der Waals surface area contributed by atoms with Crippen molar-refractivity contribution in [3.05, 3.63) is 40.7 Å². The van der Waals surface area contributed by atoms with Crippen LogP contribution in [0.5, 0.6) is 0 Å². The van der Waals surface area contributed by atoms with Crippen LogP contribution in [0.15, 0.2) is 35.8 Å². The number of aromatic nitrogens is 4. The Labute approximate surface area is 167 Å². The van der Waals surface area contributed by atoms with E-state index < -0.39 is 0 Å². The van der Waals surface area contributed by atoms with E-state index in [1.807, 2.05) is 11.0 Å². The van der Waals surface area contributed by atoms with Gasteiger partial charge in [0, 0.05) is 24.0 Å². The molecule has 9 heteroatoms. The first kappa shape index (κ1) is 18.8. The lowest BCUT2D eigenvalue weighted by molar-refractivity contribution is -0.141. The molecule has 0 spiro atoms. The average molecular weight is 401 g/mol. The maximum Gasteiger partial charge on any atom is 0.222 e. The second kappa shape index (κ2) is 9.11. The lowest BCUT2D eigenvalue weighted by Crippen LogP contribution is -2.48. The number of ether oxygens (including phenoxy) is 1. The molecule has 4 heterocycles. The number of hydrogen-bond acceptors (Lipinski definition) is 7. The zero-order valence-corrected chi connectivity index (χ0v) is 16.4. The van der Waals surface area contributed by atoms with E-state index in [-0.39, 0.29) is 18.6 Å². The van der Waals surface area contributed by atoms with Crippen LogP contribution in [0.3, 0.4) is 0 Å². The molecule has 4 rings (SSSR count). The van der Waals surface area contributed by atoms with Crippen molar-refractivity contribution in [3.8, 4) is 0 Å². The summed E-state index contributed by atoms with van der Waals surface area (Å²) in [6, 6.07) is 7.84. The number of fused-ring (bicyclic) bond motifs is 1. The molecule has 0 N–H and O–H groups in total. The van der Waals surface area contributed by atoms with E-state index in [1.165, 1.54) is 9.72 Å². The van der Waals surface area contributed by atoms with E-state index in [1.54, 1.807) is 23.6 Å². The number of carbonyl (C=O) groups excluding carboxylic acids is 1. The van der Waals surface area contributed by atoms with Crippen molar-refractivity contribution in [1.82, 2.24) is 25.0 Å². The van der Waals surface area contributed by atoms with E-state index >= 15 is 0 Å². The Balaban J connectivity index is 1.21. The molecule has 0 aliphatic carbocycles. The number of nitrogens with zero attached hydrogens (tertiary/aromatic N) is 5. The summed E-state index contributed by atoms with van der Waals surface area (Å²) in [7, 11) is 0. The van der Waals surface area contributed by atoms with Crippen LogP contribution in [0.4, 0.5) is 0 Å². The standard InChI is InChI=1S/C19H23N5O3S/c25-18(8-2-1-5-16-6-4-12-28-16)23-10-11-26-15(13-23)14-27-24-19-17(21-22-24)7-3-9-20-19/h3-4,6-7,9,12,15H,1-2,5,8,10-11,13-14H2. The van der Waals surface area contributed by atoms with Gasteiger partial charge < -0.3 is 14.5 Å². The SMILES string of the molecule is O=C(CCCCc1cccs1)N1CCOC(COn2nnc3cccnc32)C1. The highest BCUT2D eigenvalue weighted by Gasteiger charge is 2.25. The highest BCUT2D eigenvalue weighted by molar-refractivity contribution is 7.09. The first-order valence-electron chi connectivity index (χ1n) is 9.51. The number of rotatable bonds is 8. The van der Waals surface area contributed by atoms with Gasteiger partial charge >= 0.3 is 0 Å². The smallest absolute Gasteiger partial charge is 0.222 e. The number of morpholine rings is 1. The van der Waals surface area contributed by atoms with Gasteiger partial charge in [-0.15, -0.1) is 16.4 Å². The molecule has 0 radical (unpaired) electrons. The molecule has 1 fully saturated rings. The average Bonchev–Trinajstić information content (AvgIpc) is 3.39. The number of thiophene rings is 1. The van der Waals surface area contributed by atoms with E-state index in [2.05, 4.69) is 32.8 Å². The van der Waals surface area contributed by atoms with Crippen LogP contribution in [-0.2, 0) is 16.0 Å². The molecular formula is C19H23N5O3S. The number of hydrogen-bond donors (Lipinski definition) is 0. The molecular weight excluding hydrogens is 378 g/mol. The topological polar surface area (TPSA) is 82.4 Å². The third kappa shape index (κ3) is 4.66. The van der Waals surface area contributed by atoms with Crippen LogP contribution in [0.2, 0.25) is 0 Å². The van der Waals surface area contributed by atoms with Gasteiger partial charge in [-0.1, -0.05) is 10.9 Å². The van der Waals surface area contributed by atoms with Crippen LogP contribution >= 0.6 is 11.3 Å². The highest BCUT2D eigenvalue weighted by Crippen LogP contribution is 2.14. The second-order valence-electron chi connectivity index (χ2n) is 6.72. The van der Waals surface area contributed by atoms with Gasteiger partial charge in [-0.3, -0.25) is 4.79 Å². The first-order valence-corrected chi connectivity index (χ1v) is 10.4. The summed E-state index contributed by atoms with van der Waals surface area (Å²) in [4.78, 5) is 27.0. The van der Waals surface area contributed by atoms with Crippen molar-refractivity contribution >= 4 is 28.4 Å².